The zero-order valence-electron chi connectivity index (χ0n) is 11.3. The van der Waals surface area contributed by atoms with Gasteiger partial charge in [-0.25, -0.2) is 4.98 Å². The molecule has 0 unspecified atom stereocenters. The second kappa shape index (κ2) is 4.46. The predicted octanol–water partition coefficient (Wildman–Crippen LogP) is 2.38. The molecule has 0 fully saturated rings. The van der Waals surface area contributed by atoms with Crippen LogP contribution in [-0.4, -0.2) is 16.7 Å². The smallest absolute Gasteiger partial charge is 0.120 e. The number of aromatic nitrogens is 2. The van der Waals surface area contributed by atoms with Crippen molar-refractivity contribution in [2.24, 2.45) is 5.73 Å². The standard InChI is InChI=1S/C14H19N3O/c1-10-5-6-11(18-4)7-12(10)17-9-16-8-13(17)14(2,3)15/h5-9H,15H2,1-4H3. The summed E-state index contributed by atoms with van der Waals surface area (Å²) in [4.78, 5) is 4.20. The van der Waals surface area contributed by atoms with Gasteiger partial charge in [-0.3, -0.25) is 0 Å². The van der Waals surface area contributed by atoms with Crippen molar-refractivity contribution < 1.29 is 4.74 Å². The minimum atomic E-state index is -0.438. The Bertz CT molecular complexity index is 552. The topological polar surface area (TPSA) is 53.1 Å². The number of hydrogen-bond acceptors (Lipinski definition) is 3. The van der Waals surface area contributed by atoms with E-state index >= 15 is 0 Å². The Morgan fingerprint density at radius 2 is 2.06 bits per heavy atom. The fourth-order valence-corrected chi connectivity index (χ4v) is 1.94. The summed E-state index contributed by atoms with van der Waals surface area (Å²) in [6.07, 6.45) is 3.59. The van der Waals surface area contributed by atoms with Gasteiger partial charge >= 0.3 is 0 Å². The van der Waals surface area contributed by atoms with Crippen LogP contribution in [-0.2, 0) is 5.54 Å². The zero-order chi connectivity index (χ0) is 13.3. The van der Waals surface area contributed by atoms with Crippen molar-refractivity contribution in [3.05, 3.63) is 42.0 Å². The Labute approximate surface area is 107 Å². The van der Waals surface area contributed by atoms with E-state index in [0.29, 0.717) is 0 Å². The molecule has 0 saturated heterocycles. The molecule has 0 bridgehead atoms. The number of nitrogens with two attached hydrogens (primary N) is 1. The van der Waals surface area contributed by atoms with Gasteiger partial charge in [-0.2, -0.15) is 0 Å². The normalized spacial score (nSPS) is 11.6. The third-order valence-electron chi connectivity index (χ3n) is 2.97. The molecule has 18 heavy (non-hydrogen) atoms. The van der Waals surface area contributed by atoms with Crippen LogP contribution in [0.1, 0.15) is 25.1 Å². The quantitative estimate of drug-likeness (QED) is 0.903. The molecule has 0 amide bonds. The van der Waals surface area contributed by atoms with Crippen molar-refractivity contribution in [3.63, 3.8) is 0 Å². The van der Waals surface area contributed by atoms with E-state index in [2.05, 4.69) is 11.9 Å². The molecule has 0 saturated carbocycles. The molecule has 0 atom stereocenters. The third kappa shape index (κ3) is 2.24. The maximum atomic E-state index is 6.17. The van der Waals surface area contributed by atoms with Crippen molar-refractivity contribution in [1.82, 2.24) is 9.55 Å². The van der Waals surface area contributed by atoms with Crippen molar-refractivity contribution in [3.8, 4) is 11.4 Å². The molecule has 1 aromatic heterocycles. The highest BCUT2D eigenvalue weighted by Crippen LogP contribution is 2.25. The number of methoxy groups -OCH3 is 1. The molecule has 2 rings (SSSR count). The van der Waals surface area contributed by atoms with Crippen molar-refractivity contribution in [2.45, 2.75) is 26.3 Å². The second-order valence-corrected chi connectivity index (χ2v) is 5.02. The Hall–Kier alpha value is -1.81. The van der Waals surface area contributed by atoms with Crippen LogP contribution in [0.4, 0.5) is 0 Å². The van der Waals surface area contributed by atoms with Gasteiger partial charge in [0.25, 0.3) is 0 Å². The van der Waals surface area contributed by atoms with Gasteiger partial charge in [-0.05, 0) is 32.4 Å². The fourth-order valence-electron chi connectivity index (χ4n) is 1.94. The molecule has 1 aromatic carbocycles. The second-order valence-electron chi connectivity index (χ2n) is 5.02. The lowest BCUT2D eigenvalue weighted by Gasteiger charge is -2.21. The molecule has 2 aromatic rings. The van der Waals surface area contributed by atoms with E-state index in [1.54, 1.807) is 19.6 Å². The first kappa shape index (κ1) is 12.6. The van der Waals surface area contributed by atoms with Crippen molar-refractivity contribution in [2.75, 3.05) is 7.11 Å². The van der Waals surface area contributed by atoms with E-state index in [1.807, 2.05) is 36.6 Å². The Kier molecular flexibility index (Phi) is 3.13. The lowest BCUT2D eigenvalue weighted by Crippen LogP contribution is -2.31. The fraction of sp³-hybridized carbons (Fsp3) is 0.357. The summed E-state index contributed by atoms with van der Waals surface area (Å²) >= 11 is 0. The van der Waals surface area contributed by atoms with Gasteiger partial charge in [0.05, 0.1) is 36.6 Å². The maximum absolute atomic E-state index is 6.17. The predicted molar refractivity (Wildman–Crippen MR) is 72.1 cm³/mol. The van der Waals surface area contributed by atoms with Gasteiger partial charge in [0, 0.05) is 6.07 Å². The molecular weight excluding hydrogens is 226 g/mol. The maximum Gasteiger partial charge on any atom is 0.120 e. The van der Waals surface area contributed by atoms with Gasteiger partial charge in [0.2, 0.25) is 0 Å². The number of aryl methyl sites for hydroxylation is 1. The summed E-state index contributed by atoms with van der Waals surface area (Å²) in [6.45, 7) is 5.99. The van der Waals surface area contributed by atoms with Crippen LogP contribution < -0.4 is 10.5 Å². The number of hydrogen-bond donors (Lipinski definition) is 1. The van der Waals surface area contributed by atoms with Crippen LogP contribution in [0.5, 0.6) is 5.75 Å². The Morgan fingerprint density at radius 1 is 1.33 bits per heavy atom. The van der Waals surface area contributed by atoms with E-state index in [0.717, 1.165) is 22.7 Å². The summed E-state index contributed by atoms with van der Waals surface area (Å²) < 4.78 is 7.28. The van der Waals surface area contributed by atoms with Crippen LogP contribution in [0.2, 0.25) is 0 Å². The van der Waals surface area contributed by atoms with E-state index in [-0.39, 0.29) is 0 Å². The third-order valence-corrected chi connectivity index (χ3v) is 2.97. The van der Waals surface area contributed by atoms with Gasteiger partial charge in [-0.1, -0.05) is 6.07 Å². The Morgan fingerprint density at radius 3 is 2.67 bits per heavy atom. The first-order valence-corrected chi connectivity index (χ1v) is 5.90. The molecule has 4 heteroatoms. The highest BCUT2D eigenvalue weighted by atomic mass is 16.5. The Balaban J connectivity index is 2.59. The molecule has 0 aliphatic carbocycles. The highest BCUT2D eigenvalue weighted by molar-refractivity contribution is 5.47. The monoisotopic (exact) mass is 245 g/mol. The van der Waals surface area contributed by atoms with Gasteiger partial charge < -0.3 is 15.0 Å². The first-order valence-electron chi connectivity index (χ1n) is 5.90. The average Bonchev–Trinajstić information content (AvgIpc) is 2.78. The molecular formula is C14H19N3O. The van der Waals surface area contributed by atoms with Crippen LogP contribution in [0.25, 0.3) is 5.69 Å². The van der Waals surface area contributed by atoms with Crippen LogP contribution in [0.3, 0.4) is 0 Å². The van der Waals surface area contributed by atoms with Crippen LogP contribution in [0.15, 0.2) is 30.7 Å². The minimum Gasteiger partial charge on any atom is -0.497 e. The van der Waals surface area contributed by atoms with Gasteiger partial charge in [0.15, 0.2) is 0 Å². The van der Waals surface area contributed by atoms with Crippen LogP contribution in [0, 0.1) is 6.92 Å². The molecule has 0 spiro atoms. The summed E-state index contributed by atoms with van der Waals surface area (Å²) in [5.41, 5.74) is 8.89. The number of imidazole rings is 1. The zero-order valence-corrected chi connectivity index (χ0v) is 11.3. The number of benzene rings is 1. The molecule has 96 valence electrons. The van der Waals surface area contributed by atoms with E-state index in [9.17, 15) is 0 Å². The SMILES string of the molecule is COc1ccc(C)c(-n2cncc2C(C)(C)N)c1. The molecule has 0 radical (unpaired) electrons. The average molecular weight is 245 g/mol. The largest absolute Gasteiger partial charge is 0.497 e. The lowest BCUT2D eigenvalue weighted by atomic mass is 10.0. The molecule has 2 N–H and O–H groups in total. The lowest BCUT2D eigenvalue weighted by molar-refractivity contribution is 0.414. The van der Waals surface area contributed by atoms with E-state index in [4.69, 9.17) is 10.5 Å². The number of nitrogens with zero attached hydrogens (tertiary/aromatic N) is 2. The summed E-state index contributed by atoms with van der Waals surface area (Å²) in [5.74, 6) is 0.824. The number of rotatable bonds is 3. The summed E-state index contributed by atoms with van der Waals surface area (Å²) in [7, 11) is 1.66. The van der Waals surface area contributed by atoms with E-state index in [1.165, 1.54) is 0 Å². The van der Waals surface area contributed by atoms with Gasteiger partial charge in [0.1, 0.15) is 5.75 Å². The van der Waals surface area contributed by atoms with Crippen molar-refractivity contribution >= 4 is 0 Å². The molecule has 0 aliphatic rings. The highest BCUT2D eigenvalue weighted by Gasteiger charge is 2.20. The molecule has 4 nitrogen and oxygen atoms in total. The van der Waals surface area contributed by atoms with Gasteiger partial charge in [-0.15, -0.1) is 0 Å². The molecule has 0 aliphatic heterocycles. The van der Waals surface area contributed by atoms with E-state index < -0.39 is 5.54 Å². The number of ether oxygens (including phenoxy) is 1. The summed E-state index contributed by atoms with van der Waals surface area (Å²) in [6, 6.07) is 5.97. The summed E-state index contributed by atoms with van der Waals surface area (Å²) in [5, 5.41) is 0. The minimum absolute atomic E-state index is 0.438. The molecule has 1 heterocycles. The van der Waals surface area contributed by atoms with Crippen molar-refractivity contribution in [1.29, 1.82) is 0 Å². The first-order chi connectivity index (χ1) is 8.43. The van der Waals surface area contributed by atoms with Crippen LogP contribution >= 0.6 is 0 Å².